The molecular weight excluding hydrogens is 505 g/mol. The molecule has 1 saturated heterocycles. The highest BCUT2D eigenvalue weighted by atomic mass is 19.1. The molecule has 0 radical (unpaired) electrons. The van der Waals surface area contributed by atoms with E-state index in [4.69, 9.17) is 13.8 Å². The molecule has 3 aromatic heterocycles. The van der Waals surface area contributed by atoms with E-state index < -0.39 is 18.3 Å². The van der Waals surface area contributed by atoms with E-state index in [0.717, 1.165) is 44.5 Å². The number of benzene rings is 2. The van der Waals surface area contributed by atoms with Gasteiger partial charge >= 0.3 is 0 Å². The van der Waals surface area contributed by atoms with Gasteiger partial charge in [-0.1, -0.05) is 41.6 Å². The standard InChI is InChI=1S/C32H34FN5O2/c1-19-30(37(3)36-35-19)23-16-27-29(34-17-23)25-9-10-26(32(2,39)24-7-8-24)28(33)31(25)38(27)18-20-5-4-6-22(15-20)21-11-13-40-14-12-21/h4-6,9-10,15-17,21,24,39H,7-8,11-14,18H2,1-3H3/t32-/m1/s1/i1D3. The molecule has 2 aliphatic rings. The molecule has 0 bridgehead atoms. The van der Waals surface area contributed by atoms with Crippen LogP contribution in [-0.4, -0.2) is 42.9 Å². The number of ether oxygens (including phenoxy) is 1. The van der Waals surface area contributed by atoms with Crippen molar-refractivity contribution in [2.24, 2.45) is 13.0 Å². The highest BCUT2D eigenvalue weighted by Gasteiger charge is 2.43. The van der Waals surface area contributed by atoms with Gasteiger partial charge in [0.1, 0.15) is 0 Å². The summed E-state index contributed by atoms with van der Waals surface area (Å²) in [4.78, 5) is 4.75. The number of hydrogen-bond donors (Lipinski definition) is 1. The van der Waals surface area contributed by atoms with Gasteiger partial charge in [0.2, 0.25) is 0 Å². The van der Waals surface area contributed by atoms with Crippen molar-refractivity contribution in [2.75, 3.05) is 13.2 Å². The summed E-state index contributed by atoms with van der Waals surface area (Å²) in [6.07, 6.45) is 5.25. The van der Waals surface area contributed by atoms with E-state index in [2.05, 4.69) is 22.4 Å². The zero-order valence-electron chi connectivity index (χ0n) is 25.7. The lowest BCUT2D eigenvalue weighted by molar-refractivity contribution is 0.0297. The van der Waals surface area contributed by atoms with Gasteiger partial charge in [0.15, 0.2) is 5.82 Å². The van der Waals surface area contributed by atoms with E-state index in [9.17, 15) is 5.11 Å². The normalized spacial score (nSPS) is 19.4. The van der Waals surface area contributed by atoms with Gasteiger partial charge in [-0.2, -0.15) is 0 Å². The molecule has 2 fully saturated rings. The Morgan fingerprint density at radius 1 is 1.15 bits per heavy atom. The maximum Gasteiger partial charge on any atom is 0.153 e. The van der Waals surface area contributed by atoms with E-state index in [-0.39, 0.29) is 17.2 Å². The molecule has 1 N–H and O–H groups in total. The van der Waals surface area contributed by atoms with Crippen LogP contribution in [0.15, 0.2) is 48.7 Å². The van der Waals surface area contributed by atoms with Gasteiger partial charge < -0.3 is 14.4 Å². The highest BCUT2D eigenvalue weighted by molar-refractivity contribution is 6.07. The molecule has 1 atom stereocenters. The van der Waals surface area contributed by atoms with Crippen molar-refractivity contribution < 1.29 is 18.3 Å². The van der Waals surface area contributed by atoms with Crippen molar-refractivity contribution in [2.45, 2.75) is 57.5 Å². The summed E-state index contributed by atoms with van der Waals surface area (Å²) in [6, 6.07) is 13.8. The fraction of sp³-hybridized carbons (Fsp3) is 0.406. The number of pyridine rings is 1. The molecule has 7 nitrogen and oxygen atoms in total. The van der Waals surface area contributed by atoms with Crippen LogP contribution in [0.3, 0.4) is 0 Å². The summed E-state index contributed by atoms with van der Waals surface area (Å²) in [5.74, 6) is -0.0264. The van der Waals surface area contributed by atoms with Gasteiger partial charge in [-0.25, -0.2) is 9.07 Å². The number of fused-ring (bicyclic) bond motifs is 3. The van der Waals surface area contributed by atoms with Crippen molar-refractivity contribution in [1.82, 2.24) is 24.5 Å². The van der Waals surface area contributed by atoms with Crippen LogP contribution in [0.1, 0.15) is 65.0 Å². The van der Waals surface area contributed by atoms with Crippen LogP contribution in [0, 0.1) is 18.6 Å². The zero-order valence-corrected chi connectivity index (χ0v) is 22.7. The smallest absolute Gasteiger partial charge is 0.153 e. The van der Waals surface area contributed by atoms with E-state index in [1.54, 1.807) is 26.2 Å². The molecule has 0 amide bonds. The summed E-state index contributed by atoms with van der Waals surface area (Å²) in [5, 5.41) is 19.9. The Bertz CT molecular complexity index is 1850. The van der Waals surface area contributed by atoms with Gasteiger partial charge in [0.05, 0.1) is 33.5 Å². The van der Waals surface area contributed by atoms with Crippen molar-refractivity contribution >= 4 is 21.9 Å². The summed E-state index contributed by atoms with van der Waals surface area (Å²) in [5.41, 5.74) is 3.62. The number of nitrogens with zero attached hydrogens (tertiary/aromatic N) is 5. The molecule has 1 aliphatic heterocycles. The van der Waals surface area contributed by atoms with Crippen LogP contribution in [0.5, 0.6) is 0 Å². The van der Waals surface area contributed by atoms with Gasteiger partial charge in [0, 0.05) is 53.6 Å². The first-order valence-corrected chi connectivity index (χ1v) is 13.9. The fourth-order valence-corrected chi connectivity index (χ4v) is 6.40. The van der Waals surface area contributed by atoms with Crippen LogP contribution in [0.25, 0.3) is 33.2 Å². The molecular formula is C32H34FN5O2. The molecule has 0 unspecified atom stereocenters. The topological polar surface area (TPSA) is 78.0 Å². The third kappa shape index (κ3) is 4.12. The van der Waals surface area contributed by atoms with Crippen LogP contribution in [0.2, 0.25) is 0 Å². The second kappa shape index (κ2) is 9.49. The van der Waals surface area contributed by atoms with Gasteiger partial charge in [-0.3, -0.25) is 4.98 Å². The highest BCUT2D eigenvalue weighted by Crippen LogP contribution is 2.47. The predicted octanol–water partition coefficient (Wildman–Crippen LogP) is 5.99. The monoisotopic (exact) mass is 542 g/mol. The third-order valence-corrected chi connectivity index (χ3v) is 8.80. The lowest BCUT2D eigenvalue weighted by Gasteiger charge is -2.25. The lowest BCUT2D eigenvalue weighted by Crippen LogP contribution is -2.25. The number of hydrogen-bond acceptors (Lipinski definition) is 5. The zero-order chi connectivity index (χ0) is 30.1. The SMILES string of the molecule is [2H]C([2H])([2H])c1nnn(C)c1-c1cnc2c3ccc([C@](C)(O)C4CC4)c(F)c3n(Cc3cccc(C4CCOCC4)c3)c2c1. The minimum atomic E-state index is -2.47. The van der Waals surface area contributed by atoms with Gasteiger partial charge in [-0.05, 0) is 68.5 Å². The van der Waals surface area contributed by atoms with Crippen molar-refractivity contribution in [3.05, 3.63) is 76.9 Å². The Balaban J connectivity index is 1.44. The first-order valence-electron chi connectivity index (χ1n) is 15.4. The van der Waals surface area contributed by atoms with E-state index >= 15 is 4.39 Å². The van der Waals surface area contributed by atoms with Gasteiger partial charge in [0.25, 0.3) is 0 Å². The molecule has 2 aromatic carbocycles. The largest absolute Gasteiger partial charge is 0.385 e. The number of aryl methyl sites for hydroxylation is 2. The molecule has 5 aromatic rings. The summed E-state index contributed by atoms with van der Waals surface area (Å²) in [6.45, 7) is 1.08. The average Bonchev–Trinajstić information content (AvgIpc) is 3.71. The first kappa shape index (κ1) is 22.1. The van der Waals surface area contributed by atoms with E-state index in [0.29, 0.717) is 45.7 Å². The van der Waals surface area contributed by atoms with Crippen LogP contribution in [-0.2, 0) is 23.9 Å². The molecule has 1 saturated carbocycles. The van der Waals surface area contributed by atoms with Gasteiger partial charge in [-0.15, -0.1) is 5.10 Å². The van der Waals surface area contributed by atoms with Crippen LogP contribution in [0.4, 0.5) is 4.39 Å². The van der Waals surface area contributed by atoms with E-state index in [1.807, 2.05) is 28.8 Å². The quantitative estimate of drug-likeness (QED) is 0.285. The number of rotatable bonds is 6. The average molecular weight is 543 g/mol. The van der Waals surface area contributed by atoms with Crippen molar-refractivity contribution in [3.63, 3.8) is 0 Å². The van der Waals surface area contributed by atoms with Crippen molar-refractivity contribution in [3.8, 4) is 11.3 Å². The molecule has 1 aliphatic carbocycles. The maximum absolute atomic E-state index is 16.7. The summed E-state index contributed by atoms with van der Waals surface area (Å²) < 4.78 is 49.5. The maximum atomic E-state index is 16.7. The lowest BCUT2D eigenvalue weighted by atomic mass is 9.89. The Hall–Kier alpha value is -3.62. The minimum Gasteiger partial charge on any atom is -0.385 e. The summed E-state index contributed by atoms with van der Waals surface area (Å²) in [7, 11) is 1.64. The Morgan fingerprint density at radius 3 is 2.75 bits per heavy atom. The molecule has 4 heterocycles. The predicted molar refractivity (Wildman–Crippen MR) is 153 cm³/mol. The molecule has 40 heavy (non-hydrogen) atoms. The Kier molecular flexibility index (Phi) is 5.25. The number of aromatic nitrogens is 5. The molecule has 206 valence electrons. The first-order chi connectivity index (χ1) is 20.5. The molecule has 0 spiro atoms. The second-order valence-corrected chi connectivity index (χ2v) is 11.5. The third-order valence-electron chi connectivity index (χ3n) is 8.80. The molecule has 7 rings (SSSR count). The van der Waals surface area contributed by atoms with Crippen LogP contribution < -0.4 is 0 Å². The number of halogens is 1. The molecule has 8 heteroatoms. The Morgan fingerprint density at radius 2 is 1.98 bits per heavy atom. The fourth-order valence-electron chi connectivity index (χ4n) is 6.40. The summed E-state index contributed by atoms with van der Waals surface area (Å²) >= 11 is 0. The van der Waals surface area contributed by atoms with Crippen molar-refractivity contribution in [1.29, 1.82) is 0 Å². The Labute approximate surface area is 236 Å². The van der Waals surface area contributed by atoms with Crippen LogP contribution >= 0.6 is 0 Å². The second-order valence-electron chi connectivity index (χ2n) is 11.5. The number of aliphatic hydroxyl groups is 1. The van der Waals surface area contributed by atoms with E-state index in [1.165, 1.54) is 10.2 Å². The minimum absolute atomic E-state index is 0.0220.